The Labute approximate surface area is 98.7 Å². The van der Waals surface area contributed by atoms with Crippen LogP contribution in [0.1, 0.15) is 18.9 Å². The molecule has 0 bridgehead atoms. The van der Waals surface area contributed by atoms with Crippen molar-refractivity contribution in [2.24, 2.45) is 5.41 Å². The van der Waals surface area contributed by atoms with Crippen LogP contribution in [0, 0.1) is 12.3 Å². The van der Waals surface area contributed by atoms with Gasteiger partial charge < -0.3 is 10.2 Å². The van der Waals surface area contributed by atoms with Crippen molar-refractivity contribution in [2.45, 2.75) is 20.3 Å². The van der Waals surface area contributed by atoms with Gasteiger partial charge in [0, 0.05) is 25.8 Å². The summed E-state index contributed by atoms with van der Waals surface area (Å²) in [5.74, 6) is 0. The summed E-state index contributed by atoms with van der Waals surface area (Å²) < 4.78 is 0. The third-order valence-electron chi connectivity index (χ3n) is 3.55. The van der Waals surface area contributed by atoms with Crippen molar-refractivity contribution in [3.63, 3.8) is 0 Å². The van der Waals surface area contributed by atoms with Gasteiger partial charge in [-0.25, -0.2) is 0 Å². The van der Waals surface area contributed by atoms with Crippen molar-refractivity contribution in [3.8, 4) is 0 Å². The van der Waals surface area contributed by atoms with Crippen LogP contribution in [0.4, 0.5) is 5.69 Å². The van der Waals surface area contributed by atoms with Crippen molar-refractivity contribution in [2.75, 3.05) is 31.6 Å². The number of nitrogens with one attached hydrogen (secondary N) is 1. The van der Waals surface area contributed by atoms with Crippen LogP contribution in [0.5, 0.6) is 0 Å². The average molecular weight is 218 g/mol. The Bertz CT molecular complexity index is 336. The van der Waals surface area contributed by atoms with E-state index in [0.29, 0.717) is 5.41 Å². The van der Waals surface area contributed by atoms with E-state index in [2.05, 4.69) is 55.4 Å². The molecular weight excluding hydrogens is 196 g/mol. The summed E-state index contributed by atoms with van der Waals surface area (Å²) in [5, 5.41) is 3.45. The van der Waals surface area contributed by atoms with E-state index < -0.39 is 0 Å². The first-order valence-electron chi connectivity index (χ1n) is 6.08. The second-order valence-electron chi connectivity index (χ2n) is 5.43. The lowest BCUT2D eigenvalue weighted by Crippen LogP contribution is -2.35. The van der Waals surface area contributed by atoms with Crippen molar-refractivity contribution >= 4 is 5.69 Å². The van der Waals surface area contributed by atoms with Gasteiger partial charge in [0.1, 0.15) is 0 Å². The lowest BCUT2D eigenvalue weighted by atomic mass is 9.89. The standard InChI is InChI=1S/C14H22N2/c1-12-4-6-13(7-5-12)16(3)11-14(2)8-9-15-10-14/h4-7,15H,8-11H2,1-3H3. The Morgan fingerprint density at radius 1 is 1.31 bits per heavy atom. The average Bonchev–Trinajstić information content (AvgIpc) is 2.65. The fourth-order valence-corrected chi connectivity index (χ4v) is 2.47. The summed E-state index contributed by atoms with van der Waals surface area (Å²) in [7, 11) is 2.19. The number of benzene rings is 1. The van der Waals surface area contributed by atoms with Crippen molar-refractivity contribution in [1.29, 1.82) is 0 Å². The molecule has 1 aromatic rings. The molecule has 1 atom stereocenters. The second-order valence-corrected chi connectivity index (χ2v) is 5.43. The first kappa shape index (κ1) is 11.5. The first-order valence-corrected chi connectivity index (χ1v) is 6.08. The van der Waals surface area contributed by atoms with Crippen molar-refractivity contribution in [3.05, 3.63) is 29.8 Å². The van der Waals surface area contributed by atoms with Gasteiger partial charge in [-0.3, -0.25) is 0 Å². The van der Waals surface area contributed by atoms with Gasteiger partial charge in [0.2, 0.25) is 0 Å². The maximum absolute atomic E-state index is 3.45. The minimum atomic E-state index is 0.430. The molecule has 1 N–H and O–H groups in total. The number of rotatable bonds is 3. The Morgan fingerprint density at radius 3 is 2.56 bits per heavy atom. The smallest absolute Gasteiger partial charge is 0.0363 e. The van der Waals surface area contributed by atoms with Gasteiger partial charge in [0.15, 0.2) is 0 Å². The summed E-state index contributed by atoms with van der Waals surface area (Å²) in [6.07, 6.45) is 1.28. The Kier molecular flexibility index (Phi) is 3.20. The molecule has 2 rings (SSSR count). The van der Waals surface area contributed by atoms with E-state index in [1.807, 2.05) is 0 Å². The zero-order chi connectivity index (χ0) is 11.6. The highest BCUT2D eigenvalue weighted by Crippen LogP contribution is 2.27. The maximum atomic E-state index is 3.45. The highest BCUT2D eigenvalue weighted by molar-refractivity contribution is 5.46. The highest BCUT2D eigenvalue weighted by Gasteiger charge is 2.29. The van der Waals surface area contributed by atoms with E-state index in [-0.39, 0.29) is 0 Å². The van der Waals surface area contributed by atoms with E-state index in [1.165, 1.54) is 17.7 Å². The lowest BCUT2D eigenvalue weighted by Gasteiger charge is -2.30. The Balaban J connectivity index is 2.02. The minimum absolute atomic E-state index is 0.430. The van der Waals surface area contributed by atoms with Crippen LogP contribution in [0.25, 0.3) is 0 Å². The third-order valence-corrected chi connectivity index (χ3v) is 3.55. The number of hydrogen-bond donors (Lipinski definition) is 1. The summed E-state index contributed by atoms with van der Waals surface area (Å²) in [6, 6.07) is 8.78. The summed E-state index contributed by atoms with van der Waals surface area (Å²) in [6.45, 7) is 7.94. The minimum Gasteiger partial charge on any atom is -0.374 e. The molecule has 2 heteroatoms. The molecule has 1 aliphatic rings. The van der Waals surface area contributed by atoms with Gasteiger partial charge in [-0.2, -0.15) is 0 Å². The molecule has 1 aliphatic heterocycles. The van der Waals surface area contributed by atoms with Crippen LogP contribution in [0.15, 0.2) is 24.3 Å². The molecule has 1 unspecified atom stereocenters. The predicted octanol–water partition coefficient (Wildman–Crippen LogP) is 2.43. The van der Waals surface area contributed by atoms with E-state index in [0.717, 1.165) is 19.6 Å². The van der Waals surface area contributed by atoms with Crippen LogP contribution in [0.3, 0.4) is 0 Å². The Morgan fingerprint density at radius 2 is 2.00 bits per heavy atom. The van der Waals surface area contributed by atoms with Crippen LogP contribution in [-0.4, -0.2) is 26.7 Å². The zero-order valence-corrected chi connectivity index (χ0v) is 10.6. The SMILES string of the molecule is Cc1ccc(N(C)CC2(C)CCNC2)cc1. The largest absolute Gasteiger partial charge is 0.374 e. The topological polar surface area (TPSA) is 15.3 Å². The lowest BCUT2D eigenvalue weighted by molar-refractivity contribution is 0.371. The molecule has 2 nitrogen and oxygen atoms in total. The van der Waals surface area contributed by atoms with Gasteiger partial charge in [-0.05, 0) is 37.4 Å². The number of aryl methyl sites for hydroxylation is 1. The number of anilines is 1. The summed E-state index contributed by atoms with van der Waals surface area (Å²) in [5.41, 5.74) is 3.07. The molecule has 1 aromatic carbocycles. The highest BCUT2D eigenvalue weighted by atomic mass is 15.1. The van der Waals surface area contributed by atoms with Crippen LogP contribution in [0.2, 0.25) is 0 Å². The number of nitrogens with zero attached hydrogens (tertiary/aromatic N) is 1. The molecule has 0 amide bonds. The van der Waals surface area contributed by atoms with Gasteiger partial charge in [-0.1, -0.05) is 24.6 Å². The quantitative estimate of drug-likeness (QED) is 0.838. The molecule has 1 heterocycles. The van der Waals surface area contributed by atoms with Crippen LogP contribution < -0.4 is 10.2 Å². The maximum Gasteiger partial charge on any atom is 0.0363 e. The summed E-state index contributed by atoms with van der Waals surface area (Å²) in [4.78, 5) is 2.37. The first-order chi connectivity index (χ1) is 7.59. The van der Waals surface area contributed by atoms with E-state index in [4.69, 9.17) is 0 Å². The van der Waals surface area contributed by atoms with Crippen LogP contribution in [-0.2, 0) is 0 Å². The summed E-state index contributed by atoms with van der Waals surface area (Å²) >= 11 is 0. The molecule has 0 aromatic heterocycles. The predicted molar refractivity (Wildman–Crippen MR) is 70.0 cm³/mol. The van der Waals surface area contributed by atoms with Gasteiger partial charge >= 0.3 is 0 Å². The molecule has 0 radical (unpaired) electrons. The van der Waals surface area contributed by atoms with Crippen molar-refractivity contribution < 1.29 is 0 Å². The zero-order valence-electron chi connectivity index (χ0n) is 10.6. The second kappa shape index (κ2) is 4.46. The molecule has 16 heavy (non-hydrogen) atoms. The molecule has 0 aliphatic carbocycles. The Hall–Kier alpha value is -1.02. The molecular formula is C14H22N2. The van der Waals surface area contributed by atoms with Gasteiger partial charge in [-0.15, -0.1) is 0 Å². The molecule has 0 saturated carbocycles. The van der Waals surface area contributed by atoms with Gasteiger partial charge in [0.05, 0.1) is 0 Å². The molecule has 1 saturated heterocycles. The fourth-order valence-electron chi connectivity index (χ4n) is 2.47. The van der Waals surface area contributed by atoms with Crippen molar-refractivity contribution in [1.82, 2.24) is 5.32 Å². The van der Waals surface area contributed by atoms with E-state index in [1.54, 1.807) is 0 Å². The van der Waals surface area contributed by atoms with Gasteiger partial charge in [0.25, 0.3) is 0 Å². The molecule has 0 spiro atoms. The molecule has 88 valence electrons. The molecule has 1 fully saturated rings. The third kappa shape index (κ3) is 2.56. The monoisotopic (exact) mass is 218 g/mol. The van der Waals surface area contributed by atoms with Crippen LogP contribution >= 0.6 is 0 Å². The fraction of sp³-hybridized carbons (Fsp3) is 0.571. The number of hydrogen-bond acceptors (Lipinski definition) is 2. The van der Waals surface area contributed by atoms with E-state index in [9.17, 15) is 0 Å². The van der Waals surface area contributed by atoms with E-state index >= 15 is 0 Å². The normalized spacial score (nSPS) is 24.7.